The third kappa shape index (κ3) is 4.07. The lowest BCUT2D eigenvalue weighted by molar-refractivity contribution is -0.124. The summed E-state index contributed by atoms with van der Waals surface area (Å²) in [6, 6.07) is 3.76. The van der Waals surface area contributed by atoms with E-state index in [4.69, 9.17) is 5.73 Å². The Morgan fingerprint density at radius 3 is 2.67 bits per heavy atom. The van der Waals surface area contributed by atoms with Crippen LogP contribution < -0.4 is 11.1 Å². The van der Waals surface area contributed by atoms with Crippen molar-refractivity contribution in [3.63, 3.8) is 0 Å². The number of amides is 1. The number of nitrogens with two attached hydrogens (primary N) is 1. The summed E-state index contributed by atoms with van der Waals surface area (Å²) >= 11 is 3.31. The lowest BCUT2D eigenvalue weighted by atomic mass is 9.87. The van der Waals surface area contributed by atoms with Gasteiger partial charge in [0.25, 0.3) is 0 Å². The van der Waals surface area contributed by atoms with E-state index in [1.807, 2.05) is 20.8 Å². The number of hydrogen-bond acceptors (Lipinski definition) is 2. The maximum atomic E-state index is 13.1. The zero-order valence-corrected chi connectivity index (χ0v) is 12.3. The Morgan fingerprint density at radius 2 is 2.11 bits per heavy atom. The summed E-state index contributed by atoms with van der Waals surface area (Å²) in [5.41, 5.74) is 6.21. The third-order valence-corrected chi connectivity index (χ3v) is 3.45. The molecule has 18 heavy (non-hydrogen) atoms. The molecule has 0 unspecified atom stereocenters. The van der Waals surface area contributed by atoms with Gasteiger partial charge in [-0.3, -0.25) is 4.79 Å². The van der Waals surface area contributed by atoms with Gasteiger partial charge in [0, 0.05) is 11.0 Å². The lowest BCUT2D eigenvalue weighted by Crippen LogP contribution is -2.48. The van der Waals surface area contributed by atoms with Crippen molar-refractivity contribution in [3.05, 3.63) is 34.1 Å². The first-order chi connectivity index (χ1) is 8.21. The number of halogens is 2. The van der Waals surface area contributed by atoms with E-state index in [1.54, 1.807) is 6.07 Å². The number of benzene rings is 1. The zero-order valence-electron chi connectivity index (χ0n) is 10.8. The van der Waals surface area contributed by atoms with Crippen LogP contribution in [0.15, 0.2) is 22.7 Å². The molecule has 0 aliphatic rings. The molecule has 5 heteroatoms. The Balaban J connectivity index is 2.66. The number of hydrogen-bond donors (Lipinski definition) is 2. The van der Waals surface area contributed by atoms with Gasteiger partial charge >= 0.3 is 0 Å². The minimum atomic E-state index is -0.593. The molecule has 0 aliphatic carbocycles. The Kier molecular flexibility index (Phi) is 4.87. The highest BCUT2D eigenvalue weighted by molar-refractivity contribution is 9.10. The van der Waals surface area contributed by atoms with Gasteiger partial charge < -0.3 is 11.1 Å². The van der Waals surface area contributed by atoms with Gasteiger partial charge in [-0.05, 0) is 29.2 Å². The number of carbonyl (C=O) groups is 1. The molecule has 3 nitrogen and oxygen atoms in total. The van der Waals surface area contributed by atoms with Crippen molar-refractivity contribution in [2.75, 3.05) is 0 Å². The predicted molar refractivity (Wildman–Crippen MR) is 73.4 cm³/mol. The van der Waals surface area contributed by atoms with Crippen molar-refractivity contribution in [1.29, 1.82) is 0 Å². The molecular formula is C13H18BrFN2O. The standard InChI is InChI=1S/C13H18BrFN2O/c1-13(2,3)11(16)12(18)17-7-8-6-9(15)4-5-10(8)14/h4-6,11H,7,16H2,1-3H3,(H,17,18)/t11-/m0/s1. The molecule has 0 aliphatic heterocycles. The maximum absolute atomic E-state index is 13.1. The van der Waals surface area contributed by atoms with Gasteiger partial charge in [-0.1, -0.05) is 36.7 Å². The normalized spacial score (nSPS) is 13.2. The smallest absolute Gasteiger partial charge is 0.237 e. The minimum absolute atomic E-state index is 0.237. The molecule has 0 aromatic heterocycles. The predicted octanol–water partition coefficient (Wildman–Crippen LogP) is 2.58. The minimum Gasteiger partial charge on any atom is -0.351 e. The fraction of sp³-hybridized carbons (Fsp3) is 0.462. The van der Waals surface area contributed by atoms with Gasteiger partial charge in [-0.2, -0.15) is 0 Å². The van der Waals surface area contributed by atoms with Gasteiger partial charge in [-0.15, -0.1) is 0 Å². The highest BCUT2D eigenvalue weighted by Crippen LogP contribution is 2.19. The van der Waals surface area contributed by atoms with Crippen LogP contribution >= 0.6 is 15.9 Å². The van der Waals surface area contributed by atoms with Crippen LogP contribution in [0.25, 0.3) is 0 Å². The molecule has 1 amide bonds. The van der Waals surface area contributed by atoms with Crippen LogP contribution in [0.1, 0.15) is 26.3 Å². The second kappa shape index (κ2) is 5.80. The van der Waals surface area contributed by atoms with Crippen LogP contribution in [0.3, 0.4) is 0 Å². The second-order valence-electron chi connectivity index (χ2n) is 5.30. The summed E-state index contributed by atoms with van der Waals surface area (Å²) in [6.07, 6.45) is 0. The van der Waals surface area contributed by atoms with E-state index in [1.165, 1.54) is 12.1 Å². The second-order valence-corrected chi connectivity index (χ2v) is 6.15. The van der Waals surface area contributed by atoms with Gasteiger partial charge in [-0.25, -0.2) is 4.39 Å². The average Bonchev–Trinajstić information content (AvgIpc) is 2.27. The molecule has 0 heterocycles. The van der Waals surface area contributed by atoms with E-state index in [-0.39, 0.29) is 23.7 Å². The molecule has 1 rings (SSSR count). The molecule has 0 saturated carbocycles. The van der Waals surface area contributed by atoms with Crippen molar-refractivity contribution in [2.45, 2.75) is 33.4 Å². The Morgan fingerprint density at radius 1 is 1.50 bits per heavy atom. The van der Waals surface area contributed by atoms with E-state index in [0.717, 1.165) is 4.47 Å². The average molecular weight is 317 g/mol. The van der Waals surface area contributed by atoms with E-state index in [2.05, 4.69) is 21.2 Å². The first kappa shape index (κ1) is 15.1. The molecule has 0 radical (unpaired) electrons. The molecule has 0 saturated heterocycles. The maximum Gasteiger partial charge on any atom is 0.237 e. The van der Waals surface area contributed by atoms with Gasteiger partial charge in [0.2, 0.25) is 5.91 Å². The van der Waals surface area contributed by atoms with Crippen molar-refractivity contribution in [2.24, 2.45) is 11.1 Å². The highest BCUT2D eigenvalue weighted by Gasteiger charge is 2.27. The summed E-state index contributed by atoms with van der Waals surface area (Å²) in [5, 5.41) is 2.71. The number of rotatable bonds is 3. The molecule has 1 aromatic carbocycles. The molecule has 0 spiro atoms. The molecule has 0 fully saturated rings. The fourth-order valence-corrected chi connectivity index (χ4v) is 1.75. The van der Waals surface area contributed by atoms with E-state index >= 15 is 0 Å². The topological polar surface area (TPSA) is 55.1 Å². The highest BCUT2D eigenvalue weighted by atomic mass is 79.9. The Labute approximate surface area is 115 Å². The molecular weight excluding hydrogens is 299 g/mol. The van der Waals surface area contributed by atoms with Crippen LogP contribution in [-0.2, 0) is 11.3 Å². The summed E-state index contributed by atoms with van der Waals surface area (Å²) in [4.78, 5) is 11.8. The van der Waals surface area contributed by atoms with Crippen LogP contribution in [0.5, 0.6) is 0 Å². The van der Waals surface area contributed by atoms with Crippen LogP contribution in [-0.4, -0.2) is 11.9 Å². The van der Waals surface area contributed by atoms with E-state index in [9.17, 15) is 9.18 Å². The Bertz CT molecular complexity index is 443. The van der Waals surface area contributed by atoms with Gasteiger partial charge in [0.1, 0.15) is 5.82 Å². The van der Waals surface area contributed by atoms with Crippen LogP contribution in [0.4, 0.5) is 4.39 Å². The molecule has 1 atom stereocenters. The summed E-state index contributed by atoms with van der Waals surface area (Å²) in [5.74, 6) is -0.568. The third-order valence-electron chi connectivity index (χ3n) is 2.68. The monoisotopic (exact) mass is 316 g/mol. The fourth-order valence-electron chi connectivity index (χ4n) is 1.36. The largest absolute Gasteiger partial charge is 0.351 e. The molecule has 1 aromatic rings. The first-order valence-corrected chi connectivity index (χ1v) is 6.48. The van der Waals surface area contributed by atoms with Crippen molar-refractivity contribution in [3.8, 4) is 0 Å². The zero-order chi connectivity index (χ0) is 13.9. The molecule has 100 valence electrons. The first-order valence-electron chi connectivity index (χ1n) is 5.69. The van der Waals surface area contributed by atoms with Crippen molar-refractivity contribution in [1.82, 2.24) is 5.32 Å². The van der Waals surface area contributed by atoms with Crippen LogP contribution in [0.2, 0.25) is 0 Å². The lowest BCUT2D eigenvalue weighted by Gasteiger charge is -2.25. The SMILES string of the molecule is CC(C)(C)[C@@H](N)C(=O)NCc1cc(F)ccc1Br. The number of carbonyl (C=O) groups excluding carboxylic acids is 1. The van der Waals surface area contributed by atoms with E-state index in [0.29, 0.717) is 5.56 Å². The summed E-state index contributed by atoms with van der Waals surface area (Å²) < 4.78 is 13.8. The quantitative estimate of drug-likeness (QED) is 0.900. The van der Waals surface area contributed by atoms with Gasteiger partial charge in [0.15, 0.2) is 0 Å². The van der Waals surface area contributed by atoms with Crippen molar-refractivity contribution < 1.29 is 9.18 Å². The summed E-state index contributed by atoms with van der Waals surface area (Å²) in [6.45, 7) is 5.95. The summed E-state index contributed by atoms with van der Waals surface area (Å²) in [7, 11) is 0. The Hall–Kier alpha value is -0.940. The van der Waals surface area contributed by atoms with Crippen LogP contribution in [0, 0.1) is 11.2 Å². The van der Waals surface area contributed by atoms with Crippen molar-refractivity contribution >= 4 is 21.8 Å². The van der Waals surface area contributed by atoms with E-state index < -0.39 is 6.04 Å². The molecule has 0 bridgehead atoms. The van der Waals surface area contributed by atoms with Gasteiger partial charge in [0.05, 0.1) is 6.04 Å². The number of nitrogens with one attached hydrogen (secondary N) is 1. The molecule has 3 N–H and O–H groups in total.